The van der Waals surface area contributed by atoms with Crippen LogP contribution in [0.2, 0.25) is 0 Å². The first-order chi connectivity index (χ1) is 18.6. The van der Waals surface area contributed by atoms with Gasteiger partial charge < -0.3 is 9.64 Å². The van der Waals surface area contributed by atoms with Crippen molar-refractivity contribution in [2.75, 3.05) is 24.5 Å². The SMILES string of the molecule is CC1CN(c2ncccc2C(=O)NS(=O)(=O)c2cccc(O[C@H]3CCN(Cc4ccccc4)C3)n2)C(C)(C)C1. The molecule has 2 aromatic heterocycles. The predicted molar refractivity (Wildman–Crippen MR) is 149 cm³/mol. The zero-order valence-corrected chi connectivity index (χ0v) is 23.4. The van der Waals surface area contributed by atoms with E-state index in [1.165, 1.54) is 11.6 Å². The van der Waals surface area contributed by atoms with Gasteiger partial charge in [-0.2, -0.15) is 13.4 Å². The highest BCUT2D eigenvalue weighted by atomic mass is 32.2. The quantitative estimate of drug-likeness (QED) is 0.452. The number of hydrogen-bond acceptors (Lipinski definition) is 8. The van der Waals surface area contributed by atoms with Crippen LogP contribution in [0.25, 0.3) is 0 Å². The van der Waals surface area contributed by atoms with Crippen molar-refractivity contribution in [1.29, 1.82) is 0 Å². The van der Waals surface area contributed by atoms with Gasteiger partial charge in [0.2, 0.25) is 5.88 Å². The number of hydrogen-bond donors (Lipinski definition) is 1. The number of amides is 1. The largest absolute Gasteiger partial charge is 0.473 e. The third-order valence-electron chi connectivity index (χ3n) is 7.33. The van der Waals surface area contributed by atoms with Crippen LogP contribution in [0.5, 0.6) is 5.88 Å². The van der Waals surface area contributed by atoms with Gasteiger partial charge in [-0.25, -0.2) is 9.71 Å². The van der Waals surface area contributed by atoms with Gasteiger partial charge in [0, 0.05) is 44.0 Å². The Morgan fingerprint density at radius 2 is 1.87 bits per heavy atom. The normalized spacial score (nSPS) is 21.2. The summed E-state index contributed by atoms with van der Waals surface area (Å²) >= 11 is 0. The topological polar surface area (TPSA) is 105 Å². The van der Waals surface area contributed by atoms with E-state index < -0.39 is 15.9 Å². The number of pyridine rings is 2. The van der Waals surface area contributed by atoms with Gasteiger partial charge in [-0.3, -0.25) is 9.69 Å². The number of aromatic nitrogens is 2. The molecule has 206 valence electrons. The number of likely N-dealkylation sites (tertiary alicyclic amines) is 1. The molecule has 0 bridgehead atoms. The molecule has 1 unspecified atom stereocenters. The highest BCUT2D eigenvalue weighted by Gasteiger charge is 2.39. The van der Waals surface area contributed by atoms with E-state index >= 15 is 0 Å². The van der Waals surface area contributed by atoms with Crippen LogP contribution in [0.3, 0.4) is 0 Å². The summed E-state index contributed by atoms with van der Waals surface area (Å²) in [4.78, 5) is 26.3. The number of ether oxygens (including phenoxy) is 1. The fourth-order valence-electron chi connectivity index (χ4n) is 5.64. The van der Waals surface area contributed by atoms with Crippen LogP contribution in [-0.2, 0) is 16.6 Å². The molecule has 0 aliphatic carbocycles. The van der Waals surface area contributed by atoms with Gasteiger partial charge >= 0.3 is 0 Å². The summed E-state index contributed by atoms with van der Waals surface area (Å²) in [6.07, 6.45) is 3.28. The Morgan fingerprint density at radius 1 is 1.08 bits per heavy atom. The minimum Gasteiger partial charge on any atom is -0.473 e. The number of nitrogens with zero attached hydrogens (tertiary/aromatic N) is 4. The highest BCUT2D eigenvalue weighted by molar-refractivity contribution is 7.90. The molecule has 2 aliphatic rings. The molecule has 1 N–H and O–H groups in total. The van der Waals surface area contributed by atoms with Crippen molar-refractivity contribution in [3.8, 4) is 5.88 Å². The van der Waals surface area contributed by atoms with Crippen LogP contribution < -0.4 is 14.4 Å². The molecule has 5 rings (SSSR count). The lowest BCUT2D eigenvalue weighted by Gasteiger charge is -2.33. The Hall–Kier alpha value is -3.50. The highest BCUT2D eigenvalue weighted by Crippen LogP contribution is 2.37. The Bertz CT molecular complexity index is 1430. The van der Waals surface area contributed by atoms with Crippen LogP contribution in [0.4, 0.5) is 5.82 Å². The second-order valence-electron chi connectivity index (χ2n) is 11.1. The van der Waals surface area contributed by atoms with Crippen LogP contribution in [-0.4, -0.2) is 60.5 Å². The molecule has 0 radical (unpaired) electrons. The van der Waals surface area contributed by atoms with Gasteiger partial charge in [0.25, 0.3) is 15.9 Å². The number of anilines is 1. The molecule has 2 atom stereocenters. The van der Waals surface area contributed by atoms with Gasteiger partial charge in [-0.05, 0) is 56.4 Å². The number of nitrogens with one attached hydrogen (secondary N) is 1. The van der Waals surface area contributed by atoms with Crippen molar-refractivity contribution in [2.45, 2.75) is 56.8 Å². The summed E-state index contributed by atoms with van der Waals surface area (Å²) in [6, 6.07) is 18.0. The van der Waals surface area contributed by atoms with E-state index in [-0.39, 0.29) is 28.1 Å². The molecule has 3 aromatic rings. The molecule has 39 heavy (non-hydrogen) atoms. The summed E-state index contributed by atoms with van der Waals surface area (Å²) in [5.41, 5.74) is 1.24. The van der Waals surface area contributed by atoms with Crippen LogP contribution in [0.15, 0.2) is 71.9 Å². The number of benzene rings is 1. The van der Waals surface area contributed by atoms with Gasteiger partial charge in [-0.1, -0.05) is 43.3 Å². The monoisotopic (exact) mass is 549 g/mol. The van der Waals surface area contributed by atoms with Crippen molar-refractivity contribution in [1.82, 2.24) is 19.6 Å². The first kappa shape index (κ1) is 27.1. The molecule has 9 nitrogen and oxygen atoms in total. The van der Waals surface area contributed by atoms with Gasteiger partial charge in [0.1, 0.15) is 11.9 Å². The van der Waals surface area contributed by atoms with E-state index in [2.05, 4.69) is 57.4 Å². The molecule has 10 heteroatoms. The molecule has 2 saturated heterocycles. The summed E-state index contributed by atoms with van der Waals surface area (Å²) in [5, 5.41) is -0.270. The average molecular weight is 550 g/mol. The molecule has 1 amide bonds. The second-order valence-corrected chi connectivity index (χ2v) is 12.7. The van der Waals surface area contributed by atoms with E-state index in [0.717, 1.165) is 39.0 Å². The third-order valence-corrected chi connectivity index (χ3v) is 8.56. The van der Waals surface area contributed by atoms with Crippen molar-refractivity contribution in [3.63, 3.8) is 0 Å². The summed E-state index contributed by atoms with van der Waals surface area (Å²) < 4.78 is 34.6. The van der Waals surface area contributed by atoms with E-state index in [9.17, 15) is 13.2 Å². The number of carbonyl (C=O) groups is 1. The Balaban J connectivity index is 1.26. The van der Waals surface area contributed by atoms with E-state index in [1.807, 2.05) is 18.2 Å². The van der Waals surface area contributed by atoms with E-state index in [0.29, 0.717) is 11.7 Å². The summed E-state index contributed by atoms with van der Waals surface area (Å²) in [7, 11) is -4.24. The number of sulfonamides is 1. The van der Waals surface area contributed by atoms with Gasteiger partial charge in [0.05, 0.1) is 5.56 Å². The summed E-state index contributed by atoms with van der Waals surface area (Å²) in [6.45, 7) is 9.53. The maximum atomic E-state index is 13.2. The maximum Gasteiger partial charge on any atom is 0.281 e. The van der Waals surface area contributed by atoms with Gasteiger partial charge in [-0.15, -0.1) is 0 Å². The minimum absolute atomic E-state index is 0.0992. The average Bonchev–Trinajstić information content (AvgIpc) is 3.45. The molecular formula is C29H35N5O4S. The van der Waals surface area contributed by atoms with Crippen molar-refractivity contribution in [3.05, 3.63) is 78.0 Å². The number of carbonyl (C=O) groups excluding carboxylic acids is 1. The minimum atomic E-state index is -4.24. The van der Waals surface area contributed by atoms with Crippen molar-refractivity contribution < 1.29 is 17.9 Å². The lowest BCUT2D eigenvalue weighted by molar-refractivity contribution is 0.0981. The zero-order valence-electron chi connectivity index (χ0n) is 22.6. The predicted octanol–water partition coefficient (Wildman–Crippen LogP) is 3.87. The van der Waals surface area contributed by atoms with E-state index in [1.54, 1.807) is 30.5 Å². The molecule has 0 saturated carbocycles. The second kappa shape index (κ2) is 10.9. The van der Waals surface area contributed by atoms with Crippen LogP contribution in [0.1, 0.15) is 49.5 Å². The van der Waals surface area contributed by atoms with E-state index in [4.69, 9.17) is 4.74 Å². The lowest BCUT2D eigenvalue weighted by atomic mass is 9.97. The molecule has 0 spiro atoms. The van der Waals surface area contributed by atoms with Crippen molar-refractivity contribution in [2.24, 2.45) is 5.92 Å². The molecule has 2 fully saturated rings. The Kier molecular flexibility index (Phi) is 7.59. The lowest BCUT2D eigenvalue weighted by Crippen LogP contribution is -2.41. The van der Waals surface area contributed by atoms with Crippen LogP contribution >= 0.6 is 0 Å². The first-order valence-corrected chi connectivity index (χ1v) is 14.8. The Labute approximate surface area is 230 Å². The first-order valence-electron chi connectivity index (χ1n) is 13.3. The molecular weight excluding hydrogens is 514 g/mol. The Morgan fingerprint density at radius 3 is 2.62 bits per heavy atom. The van der Waals surface area contributed by atoms with Crippen molar-refractivity contribution >= 4 is 21.7 Å². The molecule has 1 aromatic carbocycles. The van der Waals surface area contributed by atoms with Crippen LogP contribution in [0, 0.1) is 5.92 Å². The fraction of sp³-hybridized carbons (Fsp3) is 0.414. The molecule has 4 heterocycles. The standard InChI is InChI=1S/C29H35N5O4S/c1-21-17-29(2,3)34(18-21)27-24(11-8-15-30-27)28(35)32-39(36,37)26-13-7-12-25(31-26)38-23-14-16-33(20-23)19-22-9-5-4-6-10-22/h4-13,15,21,23H,14,16-20H2,1-3H3,(H,32,35)/t21?,23-/m0/s1. The number of rotatable bonds is 8. The maximum absolute atomic E-state index is 13.2. The van der Waals surface area contributed by atoms with Gasteiger partial charge in [0.15, 0.2) is 5.03 Å². The molecule has 2 aliphatic heterocycles. The zero-order chi connectivity index (χ0) is 27.6. The summed E-state index contributed by atoms with van der Waals surface area (Å²) in [5.74, 6) is 0.380. The smallest absolute Gasteiger partial charge is 0.281 e. The fourth-order valence-corrected chi connectivity index (χ4v) is 6.57. The third kappa shape index (κ3) is 6.23.